The molecule has 2 heteroatoms. The molecule has 0 N–H and O–H groups in total. The molecule has 0 saturated carbocycles. The van der Waals surface area contributed by atoms with Crippen LogP contribution >= 0.6 is 0 Å². The monoisotopic (exact) mass is 1090 g/mol. The summed E-state index contributed by atoms with van der Waals surface area (Å²) in [5.41, 5.74) is 28.6. The average Bonchev–Trinajstić information content (AvgIpc) is 2.51. The molecule has 0 amide bonds. The highest BCUT2D eigenvalue weighted by molar-refractivity contribution is 6.13. The van der Waals surface area contributed by atoms with E-state index >= 15 is 0 Å². The van der Waals surface area contributed by atoms with E-state index in [1.54, 1.807) is 0 Å². The molecule has 0 fully saturated rings. The SMILES string of the molecule is c1ccc(-c2ccc(-c3ccc(-c4cccc(-c5cccc(-c6ccc(-c7ccc(-c8ccccc8-n8c9ccccc9c9cc(-c%10ccc%11c(c%10)c%10ccccc%10n%11-c%10cccc(-c%11ccccc%11)c%10)ccc98)cc7)cc6)c5)c4)cc3)cc2)cc1. The molecule has 0 aliphatic rings. The van der Waals surface area contributed by atoms with Gasteiger partial charge in [-0.1, -0.05) is 273 Å². The Labute approximate surface area is 501 Å². The Kier molecular flexibility index (Phi) is 12.6. The van der Waals surface area contributed by atoms with E-state index in [0.717, 1.165) is 11.4 Å². The van der Waals surface area contributed by atoms with Crippen LogP contribution in [0.1, 0.15) is 0 Å². The van der Waals surface area contributed by atoms with Crippen molar-refractivity contribution in [2.75, 3.05) is 0 Å². The Morgan fingerprint density at radius 3 is 0.930 bits per heavy atom. The van der Waals surface area contributed by atoms with Gasteiger partial charge in [0.1, 0.15) is 0 Å². The summed E-state index contributed by atoms with van der Waals surface area (Å²) >= 11 is 0. The van der Waals surface area contributed by atoms with Gasteiger partial charge in [0.2, 0.25) is 0 Å². The molecule has 0 saturated heterocycles. The van der Waals surface area contributed by atoms with Crippen LogP contribution in [0.15, 0.2) is 340 Å². The maximum Gasteiger partial charge on any atom is 0.0541 e. The lowest BCUT2D eigenvalue weighted by molar-refractivity contribution is 1.18. The predicted octanol–water partition coefficient (Wildman–Crippen LogP) is 22.9. The van der Waals surface area contributed by atoms with E-state index < -0.39 is 0 Å². The van der Waals surface area contributed by atoms with Crippen molar-refractivity contribution in [3.8, 4) is 112 Å². The van der Waals surface area contributed by atoms with Gasteiger partial charge >= 0.3 is 0 Å². The van der Waals surface area contributed by atoms with Crippen LogP contribution in [-0.2, 0) is 0 Å². The minimum Gasteiger partial charge on any atom is -0.309 e. The zero-order valence-electron chi connectivity index (χ0n) is 47.2. The molecule has 0 spiro atoms. The minimum absolute atomic E-state index is 1.15. The first-order valence-corrected chi connectivity index (χ1v) is 29.6. The highest BCUT2D eigenvalue weighted by Crippen LogP contribution is 2.41. The second-order valence-electron chi connectivity index (χ2n) is 22.4. The summed E-state index contributed by atoms with van der Waals surface area (Å²) in [6, 6.07) is 124. The maximum absolute atomic E-state index is 2.45. The zero-order chi connectivity index (χ0) is 56.9. The number of hydrogen-bond acceptors (Lipinski definition) is 0. The average molecular weight is 1090 g/mol. The van der Waals surface area contributed by atoms with Crippen molar-refractivity contribution in [3.63, 3.8) is 0 Å². The van der Waals surface area contributed by atoms with Gasteiger partial charge in [-0.15, -0.1) is 0 Å². The molecule has 86 heavy (non-hydrogen) atoms. The Balaban J connectivity index is 0.654. The standard InChI is InChI=1S/C84H56N2/c1-3-16-57(17-4-1)59-32-34-60(35-33-59)61-36-40-64(41-37-61)67-20-13-22-69(52-67)70-23-14-21-68(53-70)65-42-38-62(39-43-65)63-44-46-66(47-45-63)75-26-7-10-29-80(75)86-82-31-12-9-28-77(82)79-56-73(49-51-84(79)86)72-48-50-83-78(55-72)76-27-8-11-30-81(76)85(83)74-25-15-24-71(54-74)58-18-5-2-6-19-58/h1-56H. The molecule has 0 unspecified atom stereocenters. The fourth-order valence-corrected chi connectivity index (χ4v) is 13.0. The Hall–Kier alpha value is -11.3. The molecule has 2 nitrogen and oxygen atoms in total. The number of rotatable bonds is 11. The van der Waals surface area contributed by atoms with E-state index in [2.05, 4.69) is 349 Å². The van der Waals surface area contributed by atoms with E-state index in [-0.39, 0.29) is 0 Å². The molecule has 14 aromatic carbocycles. The van der Waals surface area contributed by atoms with Gasteiger partial charge < -0.3 is 9.13 Å². The Morgan fingerprint density at radius 1 is 0.151 bits per heavy atom. The summed E-state index contributed by atoms with van der Waals surface area (Å²) in [6.45, 7) is 0. The smallest absolute Gasteiger partial charge is 0.0541 e. The first-order chi connectivity index (χ1) is 42.6. The molecule has 0 atom stereocenters. The quantitative estimate of drug-likeness (QED) is 0.122. The van der Waals surface area contributed by atoms with Crippen LogP contribution in [0.4, 0.5) is 0 Å². The van der Waals surface area contributed by atoms with Crippen molar-refractivity contribution in [2.24, 2.45) is 0 Å². The molecule has 16 rings (SSSR count). The number of para-hydroxylation sites is 3. The van der Waals surface area contributed by atoms with E-state index in [4.69, 9.17) is 0 Å². The second-order valence-corrected chi connectivity index (χ2v) is 22.4. The number of benzene rings is 14. The lowest BCUT2D eigenvalue weighted by atomic mass is 9.94. The third kappa shape index (κ3) is 9.18. The lowest BCUT2D eigenvalue weighted by Gasteiger charge is -2.15. The summed E-state index contributed by atoms with van der Waals surface area (Å²) in [4.78, 5) is 0. The van der Waals surface area contributed by atoms with Crippen molar-refractivity contribution in [1.82, 2.24) is 9.13 Å². The molecule has 0 aliphatic heterocycles. The van der Waals surface area contributed by atoms with Crippen molar-refractivity contribution in [3.05, 3.63) is 340 Å². The van der Waals surface area contributed by atoms with Crippen LogP contribution < -0.4 is 0 Å². The topological polar surface area (TPSA) is 9.86 Å². The fraction of sp³-hybridized carbons (Fsp3) is 0. The van der Waals surface area contributed by atoms with Gasteiger partial charge in [0.15, 0.2) is 0 Å². The van der Waals surface area contributed by atoms with Crippen LogP contribution in [0.5, 0.6) is 0 Å². The third-order valence-corrected chi connectivity index (χ3v) is 17.4. The molecule has 402 valence electrons. The highest BCUT2D eigenvalue weighted by Gasteiger charge is 2.19. The van der Waals surface area contributed by atoms with Gasteiger partial charge in [-0.05, 0) is 161 Å². The van der Waals surface area contributed by atoms with Gasteiger partial charge in [0.25, 0.3) is 0 Å². The van der Waals surface area contributed by atoms with Gasteiger partial charge in [0.05, 0.1) is 27.8 Å². The van der Waals surface area contributed by atoms with E-state index in [0.29, 0.717) is 0 Å². The molecular weight excluding hydrogens is 1040 g/mol. The van der Waals surface area contributed by atoms with Crippen molar-refractivity contribution in [2.45, 2.75) is 0 Å². The third-order valence-electron chi connectivity index (χ3n) is 17.4. The summed E-state index contributed by atoms with van der Waals surface area (Å²) in [5.74, 6) is 0. The Morgan fingerprint density at radius 2 is 0.442 bits per heavy atom. The first-order valence-electron chi connectivity index (χ1n) is 29.6. The number of aromatic nitrogens is 2. The highest BCUT2D eigenvalue weighted by atomic mass is 15.0. The van der Waals surface area contributed by atoms with Crippen molar-refractivity contribution in [1.29, 1.82) is 0 Å². The molecule has 0 bridgehead atoms. The number of hydrogen-bond donors (Lipinski definition) is 0. The van der Waals surface area contributed by atoms with Crippen LogP contribution in [0.3, 0.4) is 0 Å². The summed E-state index contributed by atoms with van der Waals surface area (Å²) in [7, 11) is 0. The van der Waals surface area contributed by atoms with E-state index in [1.165, 1.54) is 144 Å². The second kappa shape index (κ2) is 21.5. The lowest BCUT2D eigenvalue weighted by Crippen LogP contribution is -1.97. The normalized spacial score (nSPS) is 11.5. The molecule has 0 aliphatic carbocycles. The maximum atomic E-state index is 2.45. The first kappa shape index (κ1) is 50.4. The van der Waals surface area contributed by atoms with Gasteiger partial charge in [0, 0.05) is 32.8 Å². The van der Waals surface area contributed by atoms with Gasteiger partial charge in [-0.25, -0.2) is 0 Å². The van der Waals surface area contributed by atoms with Crippen LogP contribution in [-0.4, -0.2) is 9.13 Å². The number of nitrogens with zero attached hydrogens (tertiary/aromatic N) is 2. The van der Waals surface area contributed by atoms with E-state index in [1.807, 2.05) is 0 Å². The molecular formula is C84H56N2. The van der Waals surface area contributed by atoms with Crippen LogP contribution in [0.2, 0.25) is 0 Å². The summed E-state index contributed by atoms with van der Waals surface area (Å²) < 4.78 is 4.86. The fourth-order valence-electron chi connectivity index (χ4n) is 13.0. The van der Waals surface area contributed by atoms with E-state index in [9.17, 15) is 0 Å². The zero-order valence-corrected chi connectivity index (χ0v) is 47.2. The number of fused-ring (bicyclic) bond motifs is 6. The molecule has 16 aromatic rings. The predicted molar refractivity (Wildman–Crippen MR) is 364 cm³/mol. The van der Waals surface area contributed by atoms with Crippen LogP contribution in [0.25, 0.3) is 155 Å². The van der Waals surface area contributed by atoms with Gasteiger partial charge in [-0.2, -0.15) is 0 Å². The summed E-state index contributed by atoms with van der Waals surface area (Å²) in [5, 5.41) is 4.94. The largest absolute Gasteiger partial charge is 0.309 e. The summed E-state index contributed by atoms with van der Waals surface area (Å²) in [6.07, 6.45) is 0. The van der Waals surface area contributed by atoms with Crippen molar-refractivity contribution >= 4 is 43.6 Å². The molecule has 0 radical (unpaired) electrons. The molecule has 2 heterocycles. The van der Waals surface area contributed by atoms with Crippen molar-refractivity contribution < 1.29 is 0 Å². The Bertz CT molecular complexity index is 5160. The molecule has 2 aromatic heterocycles. The van der Waals surface area contributed by atoms with Crippen LogP contribution in [0, 0.1) is 0 Å². The van der Waals surface area contributed by atoms with Gasteiger partial charge in [-0.3, -0.25) is 0 Å². The minimum atomic E-state index is 1.15.